The zero-order chi connectivity index (χ0) is 12.0. The number of esters is 1. The Kier molecular flexibility index (Phi) is 4.83. The highest BCUT2D eigenvalue weighted by molar-refractivity contribution is 5.74. The second kappa shape index (κ2) is 6.16. The lowest BCUT2D eigenvalue weighted by Gasteiger charge is -1.95. The highest BCUT2D eigenvalue weighted by atomic mass is 16.5. The van der Waals surface area contributed by atoms with E-state index in [0.29, 0.717) is 12.4 Å². The molecule has 1 aromatic carbocycles. The Balaban J connectivity index is 0.000000160. The highest BCUT2D eigenvalue weighted by Crippen LogP contribution is 2.29. The Morgan fingerprint density at radius 3 is 2.44 bits per heavy atom. The van der Waals surface area contributed by atoms with Gasteiger partial charge in [-0.2, -0.15) is 0 Å². The number of carbonyl (C=O) groups excluding carboxylic acids is 1. The molecule has 0 heterocycles. The summed E-state index contributed by atoms with van der Waals surface area (Å²) in [6, 6.07) is 7.25. The van der Waals surface area contributed by atoms with Gasteiger partial charge < -0.3 is 9.84 Å². The molecule has 0 saturated heterocycles. The Morgan fingerprint density at radius 1 is 1.44 bits per heavy atom. The summed E-state index contributed by atoms with van der Waals surface area (Å²) in [5.41, 5.74) is 0.924. The molecular weight excluding hydrogens is 204 g/mol. The van der Waals surface area contributed by atoms with Crippen molar-refractivity contribution in [2.75, 3.05) is 6.61 Å². The molecule has 3 heteroatoms. The molecule has 1 saturated carbocycles. The van der Waals surface area contributed by atoms with Crippen LogP contribution >= 0.6 is 0 Å². The van der Waals surface area contributed by atoms with Crippen LogP contribution in [0.3, 0.4) is 0 Å². The van der Waals surface area contributed by atoms with Gasteiger partial charge in [-0.05, 0) is 38.3 Å². The number of para-hydroxylation sites is 1. The van der Waals surface area contributed by atoms with E-state index in [1.54, 1.807) is 6.07 Å². The van der Waals surface area contributed by atoms with E-state index in [1.165, 1.54) is 0 Å². The van der Waals surface area contributed by atoms with Gasteiger partial charge in [-0.1, -0.05) is 18.2 Å². The molecule has 88 valence electrons. The number of hydrogen-bond acceptors (Lipinski definition) is 3. The molecule has 0 aliphatic heterocycles. The average Bonchev–Trinajstić information content (AvgIpc) is 3.07. The first-order chi connectivity index (χ1) is 7.65. The fourth-order valence-electron chi connectivity index (χ4n) is 1.14. The molecule has 2 rings (SSSR count). The third kappa shape index (κ3) is 4.34. The fraction of sp³-hybridized carbons (Fsp3) is 0.462. The summed E-state index contributed by atoms with van der Waals surface area (Å²) in [6.45, 7) is 4.23. The fourth-order valence-corrected chi connectivity index (χ4v) is 1.14. The van der Waals surface area contributed by atoms with E-state index in [-0.39, 0.29) is 11.9 Å². The lowest BCUT2D eigenvalue weighted by molar-refractivity contribution is -0.144. The van der Waals surface area contributed by atoms with Crippen molar-refractivity contribution in [3.05, 3.63) is 29.8 Å². The standard InChI is InChI=1S/C7H8O.C6H10O2/c1-6-4-2-3-5-7(6)8;1-2-8-6(7)5-3-4-5/h2-5,8H,1H3;5H,2-4H2,1H3. The highest BCUT2D eigenvalue weighted by Gasteiger charge is 2.30. The topological polar surface area (TPSA) is 46.5 Å². The van der Waals surface area contributed by atoms with Gasteiger partial charge in [0.2, 0.25) is 0 Å². The van der Waals surface area contributed by atoms with Gasteiger partial charge in [-0.3, -0.25) is 4.79 Å². The van der Waals surface area contributed by atoms with Crippen LogP contribution < -0.4 is 0 Å². The van der Waals surface area contributed by atoms with E-state index in [0.717, 1.165) is 18.4 Å². The molecule has 0 aromatic heterocycles. The van der Waals surface area contributed by atoms with E-state index in [4.69, 9.17) is 9.84 Å². The van der Waals surface area contributed by atoms with Gasteiger partial charge in [-0.25, -0.2) is 0 Å². The van der Waals surface area contributed by atoms with Crippen molar-refractivity contribution in [3.8, 4) is 5.75 Å². The zero-order valence-electron chi connectivity index (χ0n) is 9.77. The lowest BCUT2D eigenvalue weighted by atomic mass is 10.2. The molecule has 16 heavy (non-hydrogen) atoms. The van der Waals surface area contributed by atoms with Gasteiger partial charge in [0, 0.05) is 0 Å². The number of ether oxygens (including phenoxy) is 1. The normalized spacial score (nSPS) is 13.6. The number of aromatic hydroxyl groups is 1. The molecule has 0 unspecified atom stereocenters. The average molecular weight is 222 g/mol. The summed E-state index contributed by atoms with van der Waals surface area (Å²) in [5.74, 6) is 0.620. The van der Waals surface area contributed by atoms with Gasteiger partial charge >= 0.3 is 5.97 Å². The van der Waals surface area contributed by atoms with Crippen LogP contribution in [0.1, 0.15) is 25.3 Å². The van der Waals surface area contributed by atoms with Crippen molar-refractivity contribution >= 4 is 5.97 Å². The molecular formula is C13H18O3. The Hall–Kier alpha value is -1.51. The van der Waals surface area contributed by atoms with Crippen LogP contribution in [0.5, 0.6) is 5.75 Å². The molecule has 0 atom stereocenters. The van der Waals surface area contributed by atoms with Crippen LogP contribution in [-0.2, 0) is 9.53 Å². The summed E-state index contributed by atoms with van der Waals surface area (Å²) in [6.07, 6.45) is 2.08. The summed E-state index contributed by atoms with van der Waals surface area (Å²) >= 11 is 0. The van der Waals surface area contributed by atoms with Crippen molar-refractivity contribution in [2.24, 2.45) is 5.92 Å². The Labute approximate surface area is 96.1 Å². The molecule has 0 bridgehead atoms. The van der Waals surface area contributed by atoms with E-state index < -0.39 is 0 Å². The SMILES string of the molecule is CCOC(=O)C1CC1.Cc1ccccc1O. The third-order valence-corrected chi connectivity index (χ3v) is 2.31. The summed E-state index contributed by atoms with van der Waals surface area (Å²) in [7, 11) is 0. The van der Waals surface area contributed by atoms with Crippen LogP contribution in [0.4, 0.5) is 0 Å². The van der Waals surface area contributed by atoms with Gasteiger partial charge in [0.1, 0.15) is 5.75 Å². The Bertz CT molecular complexity index is 322. The van der Waals surface area contributed by atoms with Crippen molar-refractivity contribution in [2.45, 2.75) is 26.7 Å². The second-order valence-electron chi connectivity index (χ2n) is 3.81. The smallest absolute Gasteiger partial charge is 0.308 e. The number of phenols is 1. The Morgan fingerprint density at radius 2 is 2.06 bits per heavy atom. The molecule has 1 aliphatic carbocycles. The number of phenolic OH excluding ortho intramolecular Hbond substituents is 1. The maximum absolute atomic E-state index is 10.6. The molecule has 0 amide bonds. The van der Waals surface area contributed by atoms with Gasteiger partial charge in [0.25, 0.3) is 0 Å². The van der Waals surface area contributed by atoms with Crippen LogP contribution in [0, 0.1) is 12.8 Å². The first-order valence-corrected chi connectivity index (χ1v) is 5.56. The molecule has 1 N–H and O–H groups in total. The minimum atomic E-state index is -0.00694. The monoisotopic (exact) mass is 222 g/mol. The minimum Gasteiger partial charge on any atom is -0.508 e. The van der Waals surface area contributed by atoms with Crippen LogP contribution in [0.25, 0.3) is 0 Å². The number of hydrogen-bond donors (Lipinski definition) is 1. The van der Waals surface area contributed by atoms with Crippen molar-refractivity contribution in [1.82, 2.24) is 0 Å². The van der Waals surface area contributed by atoms with Gasteiger partial charge in [0.15, 0.2) is 0 Å². The van der Waals surface area contributed by atoms with Gasteiger partial charge in [0.05, 0.1) is 12.5 Å². The maximum Gasteiger partial charge on any atom is 0.308 e. The van der Waals surface area contributed by atoms with Crippen molar-refractivity contribution in [3.63, 3.8) is 0 Å². The van der Waals surface area contributed by atoms with Crippen LogP contribution in [0.2, 0.25) is 0 Å². The molecule has 0 radical (unpaired) electrons. The van der Waals surface area contributed by atoms with E-state index in [1.807, 2.05) is 32.0 Å². The second-order valence-corrected chi connectivity index (χ2v) is 3.81. The number of rotatable bonds is 2. The minimum absolute atomic E-state index is 0.00694. The summed E-state index contributed by atoms with van der Waals surface area (Å²) in [5, 5.41) is 8.92. The zero-order valence-corrected chi connectivity index (χ0v) is 9.77. The quantitative estimate of drug-likeness (QED) is 0.782. The van der Waals surface area contributed by atoms with Crippen molar-refractivity contribution < 1.29 is 14.6 Å². The molecule has 3 nitrogen and oxygen atoms in total. The number of aryl methyl sites for hydroxylation is 1. The third-order valence-electron chi connectivity index (χ3n) is 2.31. The predicted molar refractivity (Wildman–Crippen MR) is 62.2 cm³/mol. The van der Waals surface area contributed by atoms with E-state index >= 15 is 0 Å². The molecule has 1 aliphatic rings. The maximum atomic E-state index is 10.6. The van der Waals surface area contributed by atoms with Crippen molar-refractivity contribution in [1.29, 1.82) is 0 Å². The summed E-state index contributed by atoms with van der Waals surface area (Å²) in [4.78, 5) is 10.6. The number of carbonyl (C=O) groups is 1. The largest absolute Gasteiger partial charge is 0.508 e. The van der Waals surface area contributed by atoms with Gasteiger partial charge in [-0.15, -0.1) is 0 Å². The molecule has 1 fully saturated rings. The first-order valence-electron chi connectivity index (χ1n) is 5.56. The lowest BCUT2D eigenvalue weighted by Crippen LogP contribution is -2.04. The first kappa shape index (κ1) is 12.6. The summed E-state index contributed by atoms with van der Waals surface area (Å²) < 4.78 is 4.73. The van der Waals surface area contributed by atoms with Crippen LogP contribution in [0.15, 0.2) is 24.3 Å². The van der Waals surface area contributed by atoms with Crippen LogP contribution in [-0.4, -0.2) is 17.7 Å². The molecule has 0 spiro atoms. The predicted octanol–water partition coefficient (Wildman–Crippen LogP) is 2.66. The van der Waals surface area contributed by atoms with E-state index in [9.17, 15) is 4.79 Å². The number of benzene rings is 1. The van der Waals surface area contributed by atoms with E-state index in [2.05, 4.69) is 0 Å². The molecule has 1 aromatic rings.